The van der Waals surface area contributed by atoms with Crippen LogP contribution in [0, 0.1) is 19.8 Å². The molecule has 5 nitrogen and oxygen atoms in total. The number of nitrogens with zero attached hydrogens (tertiary/aromatic N) is 2. The molecule has 1 N–H and O–H groups in total. The molecule has 0 atom stereocenters. The zero-order chi connectivity index (χ0) is 19.9. The van der Waals surface area contributed by atoms with Gasteiger partial charge in [-0.1, -0.05) is 13.0 Å². The van der Waals surface area contributed by atoms with Crippen molar-refractivity contribution in [3.8, 4) is 5.75 Å². The fourth-order valence-electron chi connectivity index (χ4n) is 3.81. The predicted molar refractivity (Wildman–Crippen MR) is 126 cm³/mol. The number of aromatic nitrogens is 1. The van der Waals surface area contributed by atoms with Gasteiger partial charge in [0.05, 0.1) is 0 Å². The number of amides is 1. The van der Waals surface area contributed by atoms with Crippen LogP contribution in [-0.2, 0) is 6.61 Å². The summed E-state index contributed by atoms with van der Waals surface area (Å²) in [6.45, 7) is 10.4. The van der Waals surface area contributed by atoms with Gasteiger partial charge in [-0.2, -0.15) is 0 Å². The second kappa shape index (κ2) is 12.8. The molecule has 0 bridgehead atoms. The molecular weight excluding hydrogens is 421 g/mol. The summed E-state index contributed by atoms with van der Waals surface area (Å²) in [7, 11) is 0. The van der Waals surface area contributed by atoms with Crippen LogP contribution in [-0.4, -0.2) is 42.0 Å². The van der Waals surface area contributed by atoms with Gasteiger partial charge in [0.15, 0.2) is 0 Å². The molecular formula is C23H33Cl2N3O2. The molecule has 1 aromatic heterocycles. The minimum Gasteiger partial charge on any atom is -0.488 e. The fraction of sp³-hybridized carbons (Fsp3) is 0.478. The standard InChI is InChI=1S/C23H31N3O2.2ClH/c1-4-24-14-19-7-10-26(11-8-19)23(27)21-12-17(2)22(18(3)13-21)28-16-20-6-5-9-25-15-20;;/h5-6,9,12-13,15,19,24H,4,7-8,10-11,14,16H2,1-3H3;2*1H. The molecule has 0 spiro atoms. The fourth-order valence-corrected chi connectivity index (χ4v) is 3.81. The van der Waals surface area contributed by atoms with Crippen LogP contribution in [0.5, 0.6) is 5.75 Å². The maximum Gasteiger partial charge on any atom is 0.253 e. The van der Waals surface area contributed by atoms with E-state index in [0.29, 0.717) is 12.5 Å². The number of hydrogen-bond acceptors (Lipinski definition) is 4. The molecule has 1 saturated heterocycles. The maximum absolute atomic E-state index is 13.0. The Morgan fingerprint density at radius 2 is 1.87 bits per heavy atom. The summed E-state index contributed by atoms with van der Waals surface area (Å²) in [4.78, 5) is 19.1. The first-order chi connectivity index (χ1) is 13.6. The molecule has 1 aliphatic rings. The van der Waals surface area contributed by atoms with E-state index in [-0.39, 0.29) is 30.7 Å². The van der Waals surface area contributed by atoms with Gasteiger partial charge in [0.1, 0.15) is 12.4 Å². The third-order valence-electron chi connectivity index (χ3n) is 5.40. The first-order valence-corrected chi connectivity index (χ1v) is 10.2. The summed E-state index contributed by atoms with van der Waals surface area (Å²) in [5.41, 5.74) is 3.78. The highest BCUT2D eigenvalue weighted by atomic mass is 35.5. The van der Waals surface area contributed by atoms with Crippen LogP contribution in [0.4, 0.5) is 0 Å². The SMILES string of the molecule is CCNCC1CCN(C(=O)c2cc(C)c(OCc3cccnc3)c(C)c2)CC1.Cl.Cl. The van der Waals surface area contributed by atoms with Gasteiger partial charge in [0, 0.05) is 36.6 Å². The van der Waals surface area contributed by atoms with Crippen molar-refractivity contribution in [1.82, 2.24) is 15.2 Å². The van der Waals surface area contributed by atoms with Crippen molar-refractivity contribution in [2.75, 3.05) is 26.2 Å². The molecule has 0 unspecified atom stereocenters. The molecule has 166 valence electrons. The van der Waals surface area contributed by atoms with Gasteiger partial charge < -0.3 is 15.0 Å². The summed E-state index contributed by atoms with van der Waals surface area (Å²) < 4.78 is 6.01. The smallest absolute Gasteiger partial charge is 0.253 e. The number of hydrogen-bond donors (Lipinski definition) is 1. The topological polar surface area (TPSA) is 54.5 Å². The van der Waals surface area contributed by atoms with E-state index < -0.39 is 0 Å². The zero-order valence-electron chi connectivity index (χ0n) is 18.0. The highest BCUT2D eigenvalue weighted by molar-refractivity contribution is 5.95. The van der Waals surface area contributed by atoms with Gasteiger partial charge in [-0.25, -0.2) is 0 Å². The molecule has 0 radical (unpaired) electrons. The molecule has 1 amide bonds. The van der Waals surface area contributed by atoms with Crippen molar-refractivity contribution in [2.45, 2.75) is 40.2 Å². The first-order valence-electron chi connectivity index (χ1n) is 10.2. The van der Waals surface area contributed by atoms with Crippen LogP contribution < -0.4 is 10.1 Å². The summed E-state index contributed by atoms with van der Waals surface area (Å²) >= 11 is 0. The van der Waals surface area contributed by atoms with Crippen LogP contribution in [0.3, 0.4) is 0 Å². The number of carbonyl (C=O) groups is 1. The van der Waals surface area contributed by atoms with Crippen LogP contribution in [0.1, 0.15) is 46.8 Å². The van der Waals surface area contributed by atoms with E-state index >= 15 is 0 Å². The number of aryl methyl sites for hydroxylation is 2. The van der Waals surface area contributed by atoms with Crippen molar-refractivity contribution in [3.63, 3.8) is 0 Å². The van der Waals surface area contributed by atoms with E-state index in [0.717, 1.165) is 67.0 Å². The highest BCUT2D eigenvalue weighted by Crippen LogP contribution is 2.27. The number of rotatable bonds is 7. The van der Waals surface area contributed by atoms with Gasteiger partial charge in [-0.3, -0.25) is 9.78 Å². The van der Waals surface area contributed by atoms with Crippen LogP contribution >= 0.6 is 24.8 Å². The minimum absolute atomic E-state index is 0. The molecule has 1 aliphatic heterocycles. The zero-order valence-corrected chi connectivity index (χ0v) is 19.7. The van der Waals surface area contributed by atoms with Crippen molar-refractivity contribution in [1.29, 1.82) is 0 Å². The summed E-state index contributed by atoms with van der Waals surface area (Å²) in [6, 6.07) is 7.81. The number of nitrogens with one attached hydrogen (secondary N) is 1. The highest BCUT2D eigenvalue weighted by Gasteiger charge is 2.24. The Bertz CT molecular complexity index is 771. The normalized spacial score (nSPS) is 13.9. The lowest BCUT2D eigenvalue weighted by Gasteiger charge is -2.32. The van der Waals surface area contributed by atoms with E-state index in [2.05, 4.69) is 17.2 Å². The maximum atomic E-state index is 13.0. The lowest BCUT2D eigenvalue weighted by Crippen LogP contribution is -2.40. The largest absolute Gasteiger partial charge is 0.488 e. The molecule has 0 saturated carbocycles. The number of piperidine rings is 1. The molecule has 2 heterocycles. The average molecular weight is 454 g/mol. The van der Waals surface area contributed by atoms with E-state index in [1.165, 1.54) is 0 Å². The Balaban J connectivity index is 0.00000225. The van der Waals surface area contributed by atoms with Gasteiger partial charge in [0.2, 0.25) is 0 Å². The second-order valence-electron chi connectivity index (χ2n) is 7.63. The van der Waals surface area contributed by atoms with Gasteiger partial charge >= 0.3 is 0 Å². The monoisotopic (exact) mass is 453 g/mol. The van der Waals surface area contributed by atoms with E-state index in [4.69, 9.17) is 4.74 Å². The van der Waals surface area contributed by atoms with Gasteiger partial charge in [-0.05, 0) is 75.0 Å². The summed E-state index contributed by atoms with van der Waals surface area (Å²) in [6.07, 6.45) is 5.71. The minimum atomic E-state index is 0. The third-order valence-corrected chi connectivity index (χ3v) is 5.40. The summed E-state index contributed by atoms with van der Waals surface area (Å²) in [5, 5.41) is 3.42. The lowest BCUT2D eigenvalue weighted by atomic mass is 9.96. The molecule has 0 aliphatic carbocycles. The van der Waals surface area contributed by atoms with E-state index in [1.807, 2.05) is 49.2 Å². The third kappa shape index (κ3) is 6.86. The van der Waals surface area contributed by atoms with E-state index in [9.17, 15) is 4.79 Å². The second-order valence-corrected chi connectivity index (χ2v) is 7.63. The van der Waals surface area contributed by atoms with Crippen molar-refractivity contribution in [3.05, 3.63) is 58.9 Å². The predicted octanol–water partition coefficient (Wildman–Crippen LogP) is 4.58. The number of carbonyl (C=O) groups excluding carboxylic acids is 1. The molecule has 1 fully saturated rings. The van der Waals surface area contributed by atoms with Crippen molar-refractivity contribution in [2.24, 2.45) is 5.92 Å². The molecule has 1 aromatic carbocycles. The Morgan fingerprint density at radius 1 is 1.20 bits per heavy atom. The Hall–Kier alpha value is -1.82. The van der Waals surface area contributed by atoms with Crippen LogP contribution in [0.15, 0.2) is 36.7 Å². The summed E-state index contributed by atoms with van der Waals surface area (Å²) in [5.74, 6) is 1.66. The first kappa shape index (κ1) is 26.2. The molecule has 7 heteroatoms. The van der Waals surface area contributed by atoms with Gasteiger partial charge in [-0.15, -0.1) is 24.8 Å². The van der Waals surface area contributed by atoms with E-state index in [1.54, 1.807) is 6.20 Å². The Kier molecular flexibility index (Phi) is 11.2. The number of ether oxygens (including phenoxy) is 1. The number of benzene rings is 1. The van der Waals surface area contributed by atoms with Crippen molar-refractivity contribution >= 4 is 30.7 Å². The van der Waals surface area contributed by atoms with Crippen LogP contribution in [0.2, 0.25) is 0 Å². The number of halogens is 2. The Morgan fingerprint density at radius 3 is 2.43 bits per heavy atom. The average Bonchev–Trinajstić information content (AvgIpc) is 2.72. The molecule has 3 rings (SSSR count). The van der Waals surface area contributed by atoms with Crippen molar-refractivity contribution < 1.29 is 9.53 Å². The number of likely N-dealkylation sites (tertiary alicyclic amines) is 1. The molecule has 2 aromatic rings. The lowest BCUT2D eigenvalue weighted by molar-refractivity contribution is 0.0690. The van der Waals surface area contributed by atoms with Gasteiger partial charge in [0.25, 0.3) is 5.91 Å². The number of pyridine rings is 1. The molecule has 30 heavy (non-hydrogen) atoms. The Labute approximate surface area is 192 Å². The quantitative estimate of drug-likeness (QED) is 0.666. The van der Waals surface area contributed by atoms with Crippen LogP contribution in [0.25, 0.3) is 0 Å².